The molecule has 0 spiro atoms. The highest BCUT2D eigenvalue weighted by molar-refractivity contribution is 9.09. The SMILES string of the molecule is Cc1ccccc1CC(Br)c1cc(C)c(Cl)s1. The first-order chi connectivity index (χ1) is 8.08. The first-order valence-electron chi connectivity index (χ1n) is 5.52. The molecule has 0 aliphatic heterocycles. The topological polar surface area (TPSA) is 0 Å². The van der Waals surface area contributed by atoms with Gasteiger partial charge in [0, 0.05) is 4.88 Å². The maximum absolute atomic E-state index is 6.11. The van der Waals surface area contributed by atoms with Crippen LogP contribution in [0.4, 0.5) is 0 Å². The summed E-state index contributed by atoms with van der Waals surface area (Å²) in [5, 5.41) is 0. The lowest BCUT2D eigenvalue weighted by atomic mass is 10.0. The molecule has 0 saturated heterocycles. The van der Waals surface area contributed by atoms with E-state index in [0.717, 1.165) is 10.8 Å². The van der Waals surface area contributed by atoms with Crippen LogP contribution in [0.25, 0.3) is 0 Å². The third kappa shape index (κ3) is 3.12. The number of halogens is 2. The Morgan fingerprint density at radius 2 is 1.94 bits per heavy atom. The summed E-state index contributed by atoms with van der Waals surface area (Å²) in [5.74, 6) is 0. The minimum atomic E-state index is 0.347. The van der Waals surface area contributed by atoms with Gasteiger partial charge in [-0.1, -0.05) is 51.8 Å². The average molecular weight is 330 g/mol. The Morgan fingerprint density at radius 3 is 2.53 bits per heavy atom. The maximum atomic E-state index is 6.11. The minimum Gasteiger partial charge on any atom is -0.127 e. The normalized spacial score (nSPS) is 12.7. The van der Waals surface area contributed by atoms with Gasteiger partial charge in [0.05, 0.1) is 9.16 Å². The highest BCUT2D eigenvalue weighted by Crippen LogP contribution is 2.37. The summed E-state index contributed by atoms with van der Waals surface area (Å²) in [7, 11) is 0. The molecule has 2 aromatic rings. The predicted octanol–water partition coefficient (Wildman–Crippen LogP) is 5.70. The van der Waals surface area contributed by atoms with Crippen molar-refractivity contribution in [3.8, 4) is 0 Å². The van der Waals surface area contributed by atoms with Crippen molar-refractivity contribution in [3.63, 3.8) is 0 Å². The molecule has 0 N–H and O–H groups in total. The Morgan fingerprint density at radius 1 is 1.24 bits per heavy atom. The number of benzene rings is 1. The number of hydrogen-bond donors (Lipinski definition) is 0. The van der Waals surface area contributed by atoms with Crippen LogP contribution in [0.3, 0.4) is 0 Å². The molecule has 90 valence electrons. The lowest BCUT2D eigenvalue weighted by Crippen LogP contribution is -1.95. The van der Waals surface area contributed by atoms with Crippen LogP contribution in [-0.4, -0.2) is 0 Å². The largest absolute Gasteiger partial charge is 0.127 e. The Balaban J connectivity index is 2.17. The summed E-state index contributed by atoms with van der Waals surface area (Å²) in [6.07, 6.45) is 1.00. The van der Waals surface area contributed by atoms with Crippen LogP contribution in [0.2, 0.25) is 4.34 Å². The number of alkyl halides is 1. The van der Waals surface area contributed by atoms with Crippen LogP contribution in [0.5, 0.6) is 0 Å². The second kappa shape index (κ2) is 5.55. The lowest BCUT2D eigenvalue weighted by Gasteiger charge is -2.10. The summed E-state index contributed by atoms with van der Waals surface area (Å²) in [4.78, 5) is 1.65. The molecule has 0 radical (unpaired) electrons. The third-order valence-electron chi connectivity index (χ3n) is 2.85. The molecule has 3 heteroatoms. The van der Waals surface area contributed by atoms with Crippen molar-refractivity contribution in [1.82, 2.24) is 0 Å². The second-order valence-electron chi connectivity index (χ2n) is 4.20. The van der Waals surface area contributed by atoms with Crippen LogP contribution in [-0.2, 0) is 6.42 Å². The van der Waals surface area contributed by atoms with Gasteiger partial charge in [-0.15, -0.1) is 11.3 Å². The van der Waals surface area contributed by atoms with E-state index in [9.17, 15) is 0 Å². The van der Waals surface area contributed by atoms with Gasteiger partial charge in [-0.25, -0.2) is 0 Å². The van der Waals surface area contributed by atoms with Crippen molar-refractivity contribution >= 4 is 38.9 Å². The molecule has 1 heterocycles. The first-order valence-corrected chi connectivity index (χ1v) is 7.63. The summed E-state index contributed by atoms with van der Waals surface area (Å²) in [6, 6.07) is 10.7. The molecule has 0 aliphatic carbocycles. The van der Waals surface area contributed by atoms with E-state index in [2.05, 4.69) is 60.1 Å². The minimum absolute atomic E-state index is 0.347. The molecule has 0 nitrogen and oxygen atoms in total. The number of aryl methyl sites for hydroxylation is 2. The molecule has 17 heavy (non-hydrogen) atoms. The summed E-state index contributed by atoms with van der Waals surface area (Å²) < 4.78 is 0.897. The standard InChI is InChI=1S/C14H14BrClS/c1-9-5-3-4-6-11(9)8-12(15)13-7-10(2)14(16)17-13/h3-7,12H,8H2,1-2H3. The van der Waals surface area contributed by atoms with Gasteiger partial charge in [0.15, 0.2) is 0 Å². The highest BCUT2D eigenvalue weighted by atomic mass is 79.9. The summed E-state index contributed by atoms with van der Waals surface area (Å²) >= 11 is 11.5. The second-order valence-corrected chi connectivity index (χ2v) is 6.99. The number of thiophene rings is 1. The molecule has 1 atom stereocenters. The average Bonchev–Trinajstić information content (AvgIpc) is 2.63. The molecule has 1 unspecified atom stereocenters. The van der Waals surface area contributed by atoms with Crippen molar-refractivity contribution in [2.75, 3.05) is 0 Å². The molecule has 0 amide bonds. The summed E-state index contributed by atoms with van der Waals surface area (Å²) in [5.41, 5.74) is 3.90. The highest BCUT2D eigenvalue weighted by Gasteiger charge is 2.13. The van der Waals surface area contributed by atoms with Gasteiger partial charge >= 0.3 is 0 Å². The van der Waals surface area contributed by atoms with Gasteiger partial charge in [-0.3, -0.25) is 0 Å². The predicted molar refractivity (Wildman–Crippen MR) is 80.6 cm³/mol. The van der Waals surface area contributed by atoms with E-state index in [-0.39, 0.29) is 0 Å². The van der Waals surface area contributed by atoms with E-state index in [1.807, 2.05) is 0 Å². The van der Waals surface area contributed by atoms with Crippen LogP contribution in [0, 0.1) is 13.8 Å². The fourth-order valence-electron chi connectivity index (χ4n) is 1.77. The maximum Gasteiger partial charge on any atom is 0.0960 e. The van der Waals surface area contributed by atoms with E-state index in [1.54, 1.807) is 11.3 Å². The van der Waals surface area contributed by atoms with E-state index in [0.29, 0.717) is 4.83 Å². The van der Waals surface area contributed by atoms with Crippen molar-refractivity contribution < 1.29 is 0 Å². The Hall–Kier alpha value is -0.310. The molecular weight excluding hydrogens is 316 g/mol. The van der Waals surface area contributed by atoms with Gasteiger partial charge in [0.1, 0.15) is 0 Å². The number of rotatable bonds is 3. The molecule has 2 rings (SSSR count). The Kier molecular flexibility index (Phi) is 4.29. The monoisotopic (exact) mass is 328 g/mol. The van der Waals surface area contributed by atoms with E-state index in [1.165, 1.54) is 21.6 Å². The molecule has 0 fully saturated rings. The molecule has 1 aromatic heterocycles. The fourth-order valence-corrected chi connectivity index (χ4v) is 3.73. The molecular formula is C14H14BrClS. The van der Waals surface area contributed by atoms with Gasteiger partial charge in [0.25, 0.3) is 0 Å². The van der Waals surface area contributed by atoms with Crippen LogP contribution >= 0.6 is 38.9 Å². The molecule has 0 aliphatic rings. The molecule has 1 aromatic carbocycles. The zero-order chi connectivity index (χ0) is 12.4. The van der Waals surface area contributed by atoms with Crippen molar-refractivity contribution in [2.24, 2.45) is 0 Å². The molecule has 0 bridgehead atoms. The van der Waals surface area contributed by atoms with Crippen LogP contribution in [0.1, 0.15) is 26.4 Å². The van der Waals surface area contributed by atoms with Gasteiger partial charge in [-0.05, 0) is 43.0 Å². The zero-order valence-electron chi connectivity index (χ0n) is 9.84. The van der Waals surface area contributed by atoms with Crippen LogP contribution in [0.15, 0.2) is 30.3 Å². The van der Waals surface area contributed by atoms with E-state index >= 15 is 0 Å². The fraction of sp³-hybridized carbons (Fsp3) is 0.286. The molecule has 0 saturated carbocycles. The van der Waals surface area contributed by atoms with Crippen molar-refractivity contribution in [2.45, 2.75) is 25.1 Å². The number of hydrogen-bond acceptors (Lipinski definition) is 1. The van der Waals surface area contributed by atoms with Crippen LogP contribution < -0.4 is 0 Å². The summed E-state index contributed by atoms with van der Waals surface area (Å²) in [6.45, 7) is 4.21. The van der Waals surface area contributed by atoms with Crippen molar-refractivity contribution in [1.29, 1.82) is 0 Å². The third-order valence-corrected chi connectivity index (χ3v) is 5.63. The van der Waals surface area contributed by atoms with Gasteiger partial charge in [0.2, 0.25) is 0 Å². The quantitative estimate of drug-likeness (QED) is 0.634. The Bertz CT molecular complexity index is 499. The van der Waals surface area contributed by atoms with Gasteiger partial charge in [-0.2, -0.15) is 0 Å². The first kappa shape index (κ1) is 13.1. The van der Waals surface area contributed by atoms with Gasteiger partial charge < -0.3 is 0 Å². The van der Waals surface area contributed by atoms with Crippen molar-refractivity contribution in [3.05, 3.63) is 56.2 Å². The van der Waals surface area contributed by atoms with E-state index < -0.39 is 0 Å². The smallest absolute Gasteiger partial charge is 0.0960 e. The Labute approximate surface area is 120 Å². The lowest BCUT2D eigenvalue weighted by molar-refractivity contribution is 0.957. The zero-order valence-corrected chi connectivity index (χ0v) is 13.0. The van der Waals surface area contributed by atoms with E-state index in [4.69, 9.17) is 11.6 Å².